The maximum absolute atomic E-state index is 14.1. The van der Waals surface area contributed by atoms with Gasteiger partial charge < -0.3 is 5.32 Å². The number of halogens is 5. The van der Waals surface area contributed by atoms with Gasteiger partial charge in [0.15, 0.2) is 0 Å². The minimum atomic E-state index is -4.61. The smallest absolute Gasteiger partial charge is 0.325 e. The summed E-state index contributed by atoms with van der Waals surface area (Å²) in [4.78, 5) is 12.6. The van der Waals surface area contributed by atoms with E-state index in [0.717, 1.165) is 15.2 Å². The van der Waals surface area contributed by atoms with Crippen molar-refractivity contribution >= 4 is 34.2 Å². The fourth-order valence-electron chi connectivity index (χ4n) is 2.31. The van der Waals surface area contributed by atoms with E-state index in [1.165, 1.54) is 13.8 Å². The third-order valence-electron chi connectivity index (χ3n) is 3.98. The summed E-state index contributed by atoms with van der Waals surface area (Å²) in [5.74, 6) is -1.44. The predicted molar refractivity (Wildman–Crippen MR) is 97.0 cm³/mol. The fourth-order valence-corrected chi connectivity index (χ4v) is 2.80. The summed E-state index contributed by atoms with van der Waals surface area (Å²) in [6.07, 6.45) is -4.61. The number of aryl methyl sites for hydroxylation is 1. The lowest BCUT2D eigenvalue weighted by atomic mass is 9.82. The van der Waals surface area contributed by atoms with Crippen LogP contribution in [0.2, 0.25) is 0 Å². The topological polar surface area (TPSA) is 29.1 Å². The summed E-state index contributed by atoms with van der Waals surface area (Å²) < 4.78 is 53.8. The minimum Gasteiger partial charge on any atom is -0.325 e. The molecule has 0 aliphatic heterocycles. The van der Waals surface area contributed by atoms with Crippen LogP contribution in [0.5, 0.6) is 0 Å². The highest BCUT2D eigenvalue weighted by Gasteiger charge is 2.37. The van der Waals surface area contributed by atoms with Crippen LogP contribution in [0.15, 0.2) is 36.4 Å². The van der Waals surface area contributed by atoms with Crippen molar-refractivity contribution in [1.29, 1.82) is 0 Å². The van der Waals surface area contributed by atoms with Crippen LogP contribution in [0.3, 0.4) is 0 Å². The van der Waals surface area contributed by atoms with Crippen molar-refractivity contribution < 1.29 is 22.4 Å². The van der Waals surface area contributed by atoms with Crippen molar-refractivity contribution in [2.45, 2.75) is 32.4 Å². The van der Waals surface area contributed by atoms with E-state index < -0.39 is 28.9 Å². The number of alkyl halides is 3. The normalized spacial score (nSPS) is 12.2. The minimum absolute atomic E-state index is 0.303. The van der Waals surface area contributed by atoms with Crippen LogP contribution >= 0.6 is 22.6 Å². The van der Waals surface area contributed by atoms with Crippen LogP contribution in [0.25, 0.3) is 0 Å². The molecule has 0 atom stereocenters. The second kappa shape index (κ2) is 6.93. The monoisotopic (exact) mass is 465 g/mol. The Morgan fingerprint density at radius 2 is 1.72 bits per heavy atom. The second-order valence-electron chi connectivity index (χ2n) is 6.23. The summed E-state index contributed by atoms with van der Waals surface area (Å²) >= 11 is 2.08. The number of hydrogen-bond acceptors (Lipinski definition) is 1. The molecule has 134 valence electrons. The Labute approximate surface area is 156 Å². The zero-order valence-corrected chi connectivity index (χ0v) is 15.9. The molecule has 7 heteroatoms. The highest BCUT2D eigenvalue weighted by molar-refractivity contribution is 14.1. The van der Waals surface area contributed by atoms with E-state index in [1.54, 1.807) is 13.0 Å². The number of hydrogen-bond donors (Lipinski definition) is 1. The first-order valence-corrected chi connectivity index (χ1v) is 8.45. The molecular formula is C18H16F4INO. The van der Waals surface area contributed by atoms with Crippen LogP contribution in [-0.2, 0) is 16.4 Å². The van der Waals surface area contributed by atoms with E-state index in [-0.39, 0.29) is 5.56 Å². The summed E-state index contributed by atoms with van der Waals surface area (Å²) in [5, 5.41) is 2.68. The Kier molecular flexibility index (Phi) is 5.46. The van der Waals surface area contributed by atoms with Gasteiger partial charge in [0.1, 0.15) is 5.82 Å². The SMILES string of the molecule is Cc1ccc(I)cc1NC(=O)C(C)(C)c1cc(C(F)(F)F)ccc1F. The van der Waals surface area contributed by atoms with Gasteiger partial charge in [-0.05, 0) is 79.3 Å². The standard InChI is InChI=1S/C18H16F4INO/c1-10-4-6-12(23)9-15(10)24-16(25)17(2,3)13-8-11(18(20,21)22)5-7-14(13)19/h4-9H,1-3H3,(H,24,25). The van der Waals surface area contributed by atoms with E-state index in [9.17, 15) is 22.4 Å². The summed E-state index contributed by atoms with van der Waals surface area (Å²) in [6, 6.07) is 7.52. The Bertz CT molecular complexity index is 815. The van der Waals surface area contributed by atoms with Gasteiger partial charge in [-0.1, -0.05) is 6.07 Å². The first-order chi connectivity index (χ1) is 11.4. The highest BCUT2D eigenvalue weighted by Crippen LogP contribution is 2.35. The molecule has 0 unspecified atom stereocenters. The second-order valence-corrected chi connectivity index (χ2v) is 7.48. The lowest BCUT2D eigenvalue weighted by molar-refractivity contribution is -0.137. The number of carbonyl (C=O) groups excluding carboxylic acids is 1. The molecule has 0 heterocycles. The molecule has 0 bridgehead atoms. The van der Waals surface area contributed by atoms with Crippen molar-refractivity contribution in [2.24, 2.45) is 0 Å². The van der Waals surface area contributed by atoms with Crippen LogP contribution in [0, 0.1) is 16.3 Å². The van der Waals surface area contributed by atoms with Gasteiger partial charge in [0.2, 0.25) is 5.91 Å². The van der Waals surface area contributed by atoms with E-state index in [0.29, 0.717) is 17.8 Å². The molecule has 0 saturated heterocycles. The van der Waals surface area contributed by atoms with Crippen molar-refractivity contribution in [3.8, 4) is 0 Å². The number of rotatable bonds is 3. The lowest BCUT2D eigenvalue weighted by Crippen LogP contribution is -2.36. The summed E-state index contributed by atoms with van der Waals surface area (Å²) in [7, 11) is 0. The van der Waals surface area contributed by atoms with Crippen molar-refractivity contribution in [1.82, 2.24) is 0 Å². The number of benzene rings is 2. The molecule has 1 amide bonds. The van der Waals surface area contributed by atoms with Gasteiger partial charge in [-0.2, -0.15) is 13.2 Å². The maximum Gasteiger partial charge on any atom is 0.416 e. The highest BCUT2D eigenvalue weighted by atomic mass is 127. The maximum atomic E-state index is 14.1. The molecule has 2 rings (SSSR count). The van der Waals surface area contributed by atoms with Crippen molar-refractivity contribution in [3.63, 3.8) is 0 Å². The van der Waals surface area contributed by atoms with Gasteiger partial charge in [-0.15, -0.1) is 0 Å². The molecule has 0 aliphatic rings. The number of carbonyl (C=O) groups is 1. The molecule has 0 spiro atoms. The van der Waals surface area contributed by atoms with Gasteiger partial charge in [0.05, 0.1) is 11.0 Å². The van der Waals surface area contributed by atoms with Crippen LogP contribution in [0.1, 0.15) is 30.5 Å². The van der Waals surface area contributed by atoms with E-state index in [2.05, 4.69) is 27.9 Å². The van der Waals surface area contributed by atoms with E-state index >= 15 is 0 Å². The van der Waals surface area contributed by atoms with E-state index in [1.807, 2.05) is 12.1 Å². The number of nitrogens with one attached hydrogen (secondary N) is 1. The van der Waals surface area contributed by atoms with E-state index in [4.69, 9.17) is 0 Å². The molecule has 0 fully saturated rings. The van der Waals surface area contributed by atoms with Crippen LogP contribution in [0.4, 0.5) is 23.2 Å². The molecule has 2 aromatic rings. The summed E-state index contributed by atoms with van der Waals surface area (Å²) in [6.45, 7) is 4.58. The van der Waals surface area contributed by atoms with Gasteiger partial charge in [0, 0.05) is 14.8 Å². The van der Waals surface area contributed by atoms with Gasteiger partial charge in [0.25, 0.3) is 0 Å². The Morgan fingerprint density at radius 1 is 1.08 bits per heavy atom. The Hall–Kier alpha value is -1.64. The molecule has 2 nitrogen and oxygen atoms in total. The third-order valence-corrected chi connectivity index (χ3v) is 4.65. The van der Waals surface area contributed by atoms with Gasteiger partial charge in [-0.25, -0.2) is 4.39 Å². The molecule has 2 aromatic carbocycles. The molecule has 0 saturated carbocycles. The average Bonchev–Trinajstić information content (AvgIpc) is 2.49. The van der Waals surface area contributed by atoms with Gasteiger partial charge >= 0.3 is 6.18 Å². The quantitative estimate of drug-likeness (QED) is 0.459. The third kappa shape index (κ3) is 4.31. The molecule has 1 N–H and O–H groups in total. The molecule has 0 radical (unpaired) electrons. The fraction of sp³-hybridized carbons (Fsp3) is 0.278. The molecule has 0 aromatic heterocycles. The number of amides is 1. The van der Waals surface area contributed by atoms with Crippen LogP contribution < -0.4 is 5.32 Å². The zero-order chi connectivity index (χ0) is 19.0. The summed E-state index contributed by atoms with van der Waals surface area (Å²) in [5.41, 5.74) is -1.44. The zero-order valence-electron chi connectivity index (χ0n) is 13.8. The average molecular weight is 465 g/mol. The lowest BCUT2D eigenvalue weighted by Gasteiger charge is -2.26. The van der Waals surface area contributed by atoms with Crippen LogP contribution in [-0.4, -0.2) is 5.91 Å². The Balaban J connectivity index is 2.40. The Morgan fingerprint density at radius 3 is 2.32 bits per heavy atom. The first kappa shape index (κ1) is 19.7. The van der Waals surface area contributed by atoms with Crippen molar-refractivity contribution in [3.05, 3.63) is 62.5 Å². The molecule has 0 aliphatic carbocycles. The van der Waals surface area contributed by atoms with Crippen molar-refractivity contribution in [2.75, 3.05) is 5.32 Å². The molecule has 25 heavy (non-hydrogen) atoms. The van der Waals surface area contributed by atoms with Gasteiger partial charge in [-0.3, -0.25) is 4.79 Å². The first-order valence-electron chi connectivity index (χ1n) is 7.38. The number of anilines is 1. The molecular weight excluding hydrogens is 449 g/mol. The predicted octanol–water partition coefficient (Wildman–Crippen LogP) is 5.67. The largest absolute Gasteiger partial charge is 0.416 e.